The fraction of sp³-hybridized carbons (Fsp3) is 0.625. The van der Waals surface area contributed by atoms with Gasteiger partial charge < -0.3 is 5.32 Å². The first-order chi connectivity index (χ1) is 9.38. The summed E-state index contributed by atoms with van der Waals surface area (Å²) in [7, 11) is 0. The number of nitrogens with one attached hydrogen (secondary N) is 1. The van der Waals surface area contributed by atoms with Crippen molar-refractivity contribution in [1.29, 1.82) is 5.26 Å². The molecule has 3 nitrogen and oxygen atoms in total. The van der Waals surface area contributed by atoms with Crippen molar-refractivity contribution in [2.45, 2.75) is 58.3 Å². The van der Waals surface area contributed by atoms with Crippen molar-refractivity contribution >= 4 is 5.82 Å². The van der Waals surface area contributed by atoms with E-state index in [2.05, 4.69) is 23.3 Å². The normalized spacial score (nSPS) is 10.1. The van der Waals surface area contributed by atoms with E-state index in [-0.39, 0.29) is 0 Å². The Morgan fingerprint density at radius 3 is 2.47 bits per heavy atom. The molecule has 0 saturated heterocycles. The summed E-state index contributed by atoms with van der Waals surface area (Å²) >= 11 is 0. The van der Waals surface area contributed by atoms with Crippen LogP contribution in [0.2, 0.25) is 0 Å². The maximum Gasteiger partial charge on any atom is 0.143 e. The molecule has 104 valence electrons. The molecular formula is C16H25N3. The minimum absolute atomic E-state index is 0.627. The lowest BCUT2D eigenvalue weighted by Crippen LogP contribution is -2.04. The molecule has 0 saturated carbocycles. The number of unbranched alkanes of at least 4 members (excludes halogenated alkanes) is 7. The molecule has 19 heavy (non-hydrogen) atoms. The van der Waals surface area contributed by atoms with E-state index in [0.717, 1.165) is 13.0 Å². The van der Waals surface area contributed by atoms with Crippen LogP contribution in [0.25, 0.3) is 0 Å². The van der Waals surface area contributed by atoms with Crippen LogP contribution in [0.3, 0.4) is 0 Å². The Bertz CT molecular complexity index is 382. The SMILES string of the molecule is CCCCCCCCCCNc1ncccc1C#N. The molecule has 3 heteroatoms. The zero-order valence-corrected chi connectivity index (χ0v) is 12.0. The molecule has 1 rings (SSSR count). The van der Waals surface area contributed by atoms with Gasteiger partial charge in [-0.1, -0.05) is 51.9 Å². The van der Waals surface area contributed by atoms with Crippen LogP contribution in [0, 0.1) is 11.3 Å². The Hall–Kier alpha value is -1.56. The molecule has 1 aromatic rings. The molecule has 0 spiro atoms. The molecule has 0 aliphatic carbocycles. The largest absolute Gasteiger partial charge is 0.369 e. The number of pyridine rings is 1. The third kappa shape index (κ3) is 6.81. The van der Waals surface area contributed by atoms with Gasteiger partial charge in [-0.25, -0.2) is 4.98 Å². The molecule has 0 bridgehead atoms. The summed E-state index contributed by atoms with van der Waals surface area (Å²) in [6, 6.07) is 5.74. The first-order valence-electron chi connectivity index (χ1n) is 7.47. The third-order valence-electron chi connectivity index (χ3n) is 3.25. The minimum atomic E-state index is 0.627. The van der Waals surface area contributed by atoms with Crippen LogP contribution in [0.5, 0.6) is 0 Å². The lowest BCUT2D eigenvalue weighted by molar-refractivity contribution is 0.581. The number of aromatic nitrogens is 1. The van der Waals surface area contributed by atoms with E-state index in [1.807, 2.05) is 0 Å². The summed E-state index contributed by atoms with van der Waals surface area (Å²) in [5, 5.41) is 12.2. The molecule has 0 aliphatic rings. The highest BCUT2D eigenvalue weighted by molar-refractivity contribution is 5.50. The van der Waals surface area contributed by atoms with Crippen LogP contribution in [0.4, 0.5) is 5.82 Å². The van der Waals surface area contributed by atoms with Crippen LogP contribution in [0.15, 0.2) is 18.3 Å². The van der Waals surface area contributed by atoms with Gasteiger partial charge in [0, 0.05) is 12.7 Å². The van der Waals surface area contributed by atoms with Crippen LogP contribution in [0.1, 0.15) is 63.9 Å². The first kappa shape index (κ1) is 15.5. The van der Waals surface area contributed by atoms with Crippen molar-refractivity contribution in [3.63, 3.8) is 0 Å². The minimum Gasteiger partial charge on any atom is -0.369 e. The Labute approximate surface area is 117 Å². The van der Waals surface area contributed by atoms with E-state index in [0.29, 0.717) is 11.4 Å². The second-order valence-electron chi connectivity index (χ2n) is 4.91. The second kappa shape index (κ2) is 10.4. The third-order valence-corrected chi connectivity index (χ3v) is 3.25. The Morgan fingerprint density at radius 2 is 1.79 bits per heavy atom. The van der Waals surface area contributed by atoms with Crippen molar-refractivity contribution in [2.24, 2.45) is 0 Å². The number of rotatable bonds is 10. The van der Waals surface area contributed by atoms with Gasteiger partial charge in [0.15, 0.2) is 0 Å². The fourth-order valence-electron chi connectivity index (χ4n) is 2.10. The van der Waals surface area contributed by atoms with Gasteiger partial charge in [0.05, 0.1) is 5.56 Å². The lowest BCUT2D eigenvalue weighted by Gasteiger charge is -2.06. The topological polar surface area (TPSA) is 48.7 Å². The highest BCUT2D eigenvalue weighted by Crippen LogP contribution is 2.11. The maximum absolute atomic E-state index is 8.93. The maximum atomic E-state index is 8.93. The van der Waals surface area contributed by atoms with E-state index in [4.69, 9.17) is 5.26 Å². The average molecular weight is 259 g/mol. The van der Waals surface area contributed by atoms with Gasteiger partial charge >= 0.3 is 0 Å². The predicted molar refractivity (Wildman–Crippen MR) is 80.1 cm³/mol. The van der Waals surface area contributed by atoms with Gasteiger partial charge in [-0.3, -0.25) is 0 Å². The van der Waals surface area contributed by atoms with Gasteiger partial charge in [-0.05, 0) is 18.6 Å². The Kier molecular flexibility index (Phi) is 8.46. The number of nitrogens with zero attached hydrogens (tertiary/aromatic N) is 2. The summed E-state index contributed by atoms with van der Waals surface area (Å²) in [6.07, 6.45) is 12.2. The smallest absolute Gasteiger partial charge is 0.143 e. The zero-order chi connectivity index (χ0) is 13.8. The van der Waals surface area contributed by atoms with Gasteiger partial charge in [0.1, 0.15) is 11.9 Å². The van der Waals surface area contributed by atoms with E-state index in [9.17, 15) is 0 Å². The van der Waals surface area contributed by atoms with Crippen molar-refractivity contribution in [2.75, 3.05) is 11.9 Å². The van der Waals surface area contributed by atoms with Crippen molar-refractivity contribution in [3.8, 4) is 6.07 Å². The molecule has 0 amide bonds. The average Bonchev–Trinajstić information content (AvgIpc) is 2.46. The molecular weight excluding hydrogens is 234 g/mol. The lowest BCUT2D eigenvalue weighted by atomic mass is 10.1. The van der Waals surface area contributed by atoms with E-state index in [1.54, 1.807) is 18.3 Å². The van der Waals surface area contributed by atoms with Crippen LogP contribution in [-0.2, 0) is 0 Å². The monoisotopic (exact) mass is 259 g/mol. The molecule has 0 fully saturated rings. The predicted octanol–water partition coefficient (Wildman–Crippen LogP) is 4.51. The number of nitriles is 1. The van der Waals surface area contributed by atoms with Gasteiger partial charge in [0.2, 0.25) is 0 Å². The first-order valence-corrected chi connectivity index (χ1v) is 7.47. The number of hydrogen-bond acceptors (Lipinski definition) is 3. The molecule has 1 heterocycles. The summed E-state index contributed by atoms with van der Waals surface area (Å²) in [6.45, 7) is 3.15. The van der Waals surface area contributed by atoms with E-state index < -0.39 is 0 Å². The molecule has 0 atom stereocenters. The highest BCUT2D eigenvalue weighted by Gasteiger charge is 2.00. The van der Waals surface area contributed by atoms with Crippen LogP contribution >= 0.6 is 0 Å². The van der Waals surface area contributed by atoms with E-state index in [1.165, 1.54) is 44.9 Å². The second-order valence-corrected chi connectivity index (χ2v) is 4.91. The molecule has 0 aromatic carbocycles. The van der Waals surface area contributed by atoms with Gasteiger partial charge in [-0.15, -0.1) is 0 Å². The number of anilines is 1. The molecule has 1 N–H and O–H groups in total. The van der Waals surface area contributed by atoms with Crippen LogP contribution in [-0.4, -0.2) is 11.5 Å². The van der Waals surface area contributed by atoms with Crippen molar-refractivity contribution in [3.05, 3.63) is 23.9 Å². The standard InChI is InChI=1S/C16H25N3/c1-2-3-4-5-6-7-8-9-12-18-16-15(14-17)11-10-13-19-16/h10-11,13H,2-9,12H2,1H3,(H,18,19). The quantitative estimate of drug-likeness (QED) is 0.629. The summed E-state index contributed by atoms with van der Waals surface area (Å²) in [5.41, 5.74) is 0.627. The molecule has 0 aliphatic heterocycles. The summed E-state index contributed by atoms with van der Waals surface area (Å²) < 4.78 is 0. The molecule has 0 radical (unpaired) electrons. The Balaban J connectivity index is 2.03. The van der Waals surface area contributed by atoms with Gasteiger partial charge in [0.25, 0.3) is 0 Å². The highest BCUT2D eigenvalue weighted by atomic mass is 15.0. The number of hydrogen-bond donors (Lipinski definition) is 1. The summed E-state index contributed by atoms with van der Waals surface area (Å²) in [4.78, 5) is 4.18. The van der Waals surface area contributed by atoms with Crippen molar-refractivity contribution in [1.82, 2.24) is 4.98 Å². The Morgan fingerprint density at radius 1 is 1.11 bits per heavy atom. The van der Waals surface area contributed by atoms with Crippen LogP contribution < -0.4 is 5.32 Å². The fourth-order valence-corrected chi connectivity index (χ4v) is 2.10. The van der Waals surface area contributed by atoms with E-state index >= 15 is 0 Å². The van der Waals surface area contributed by atoms with Crippen molar-refractivity contribution < 1.29 is 0 Å². The zero-order valence-electron chi connectivity index (χ0n) is 12.0. The van der Waals surface area contributed by atoms with Gasteiger partial charge in [-0.2, -0.15) is 5.26 Å². The molecule has 0 unspecified atom stereocenters. The summed E-state index contributed by atoms with van der Waals surface area (Å²) in [5.74, 6) is 0.716. The molecule has 1 aromatic heterocycles.